The maximum absolute atomic E-state index is 12.0. The lowest BCUT2D eigenvalue weighted by Crippen LogP contribution is -2.26. The van der Waals surface area contributed by atoms with Crippen LogP contribution in [0.25, 0.3) is 11.0 Å². The van der Waals surface area contributed by atoms with Gasteiger partial charge in [-0.25, -0.2) is 4.98 Å². The average Bonchev–Trinajstić information content (AvgIpc) is 2.85. The lowest BCUT2D eigenvalue weighted by molar-refractivity contribution is 0.0830. The molecule has 1 N–H and O–H groups in total. The Hall–Kier alpha value is -1.92. The number of nitrogens with zero attached hydrogens (tertiary/aromatic N) is 2. The Kier molecular flexibility index (Phi) is 3.66. The summed E-state index contributed by atoms with van der Waals surface area (Å²) < 4.78 is 12.4. The Balaban J connectivity index is 1.85. The predicted octanol–water partition coefficient (Wildman–Crippen LogP) is 0.943. The molecule has 3 rings (SSSR count). The molecule has 1 aromatic carbocycles. The Morgan fingerprint density at radius 2 is 2.45 bits per heavy atom. The number of benzene rings is 1. The molecule has 20 heavy (non-hydrogen) atoms. The molecule has 106 valence electrons. The van der Waals surface area contributed by atoms with Gasteiger partial charge in [0.05, 0.1) is 24.2 Å². The van der Waals surface area contributed by atoms with E-state index in [0.29, 0.717) is 31.9 Å². The molecule has 0 saturated heterocycles. The minimum Gasteiger partial charge on any atom is -0.383 e. The van der Waals surface area contributed by atoms with Crippen molar-refractivity contribution in [1.82, 2.24) is 14.9 Å². The first kappa shape index (κ1) is 13.1. The van der Waals surface area contributed by atoms with E-state index in [1.165, 1.54) is 0 Å². The molecule has 0 spiro atoms. The average molecular weight is 275 g/mol. The molecule has 0 saturated carbocycles. The number of carbonyl (C=O) groups is 1. The van der Waals surface area contributed by atoms with Gasteiger partial charge in [-0.2, -0.15) is 0 Å². The number of nitrogens with one attached hydrogen (secondary N) is 1. The van der Waals surface area contributed by atoms with Crippen LogP contribution in [0.1, 0.15) is 16.2 Å². The van der Waals surface area contributed by atoms with Crippen molar-refractivity contribution < 1.29 is 14.3 Å². The minimum atomic E-state index is -0.105. The summed E-state index contributed by atoms with van der Waals surface area (Å²) in [5.41, 5.74) is 2.51. The molecule has 1 aromatic heterocycles. The van der Waals surface area contributed by atoms with Crippen LogP contribution >= 0.6 is 0 Å². The van der Waals surface area contributed by atoms with Crippen molar-refractivity contribution >= 4 is 16.9 Å². The van der Waals surface area contributed by atoms with Gasteiger partial charge in [0.25, 0.3) is 5.91 Å². The standard InChI is InChI=1S/C14H17N3O3/c1-19-6-4-15-14(18)10-2-3-12-11(8-10)16-13-9-20-7-5-17(12)13/h2-3,8H,4-7,9H2,1H3,(H,15,18). The highest BCUT2D eigenvalue weighted by Gasteiger charge is 2.16. The normalized spacial score (nSPS) is 14.2. The first-order valence-electron chi connectivity index (χ1n) is 6.63. The van der Waals surface area contributed by atoms with Gasteiger partial charge in [0, 0.05) is 25.8 Å². The molecule has 6 nitrogen and oxygen atoms in total. The molecule has 1 amide bonds. The fraction of sp³-hybridized carbons (Fsp3) is 0.429. The van der Waals surface area contributed by atoms with Crippen molar-refractivity contribution in [2.45, 2.75) is 13.2 Å². The highest BCUT2D eigenvalue weighted by molar-refractivity contribution is 5.97. The number of aromatic nitrogens is 2. The molecule has 0 radical (unpaired) electrons. The smallest absolute Gasteiger partial charge is 0.251 e. The summed E-state index contributed by atoms with van der Waals surface area (Å²) in [4.78, 5) is 16.5. The molecule has 0 aliphatic carbocycles. The van der Waals surface area contributed by atoms with Gasteiger partial charge >= 0.3 is 0 Å². The summed E-state index contributed by atoms with van der Waals surface area (Å²) in [5.74, 6) is 0.814. The number of hydrogen-bond acceptors (Lipinski definition) is 4. The molecular weight excluding hydrogens is 258 g/mol. The van der Waals surface area contributed by atoms with Crippen molar-refractivity contribution in [3.05, 3.63) is 29.6 Å². The second-order valence-electron chi connectivity index (χ2n) is 4.68. The van der Waals surface area contributed by atoms with Crippen LogP contribution in [0, 0.1) is 0 Å². The van der Waals surface area contributed by atoms with E-state index < -0.39 is 0 Å². The summed E-state index contributed by atoms with van der Waals surface area (Å²) in [6.07, 6.45) is 0. The monoisotopic (exact) mass is 275 g/mol. The maximum atomic E-state index is 12.0. The number of amides is 1. The summed E-state index contributed by atoms with van der Waals surface area (Å²) >= 11 is 0. The van der Waals surface area contributed by atoms with E-state index in [-0.39, 0.29) is 5.91 Å². The van der Waals surface area contributed by atoms with Crippen molar-refractivity contribution in [1.29, 1.82) is 0 Å². The van der Waals surface area contributed by atoms with E-state index in [1.54, 1.807) is 7.11 Å². The number of rotatable bonds is 4. The summed E-state index contributed by atoms with van der Waals surface area (Å²) in [7, 11) is 1.61. The molecule has 0 bridgehead atoms. The highest BCUT2D eigenvalue weighted by Crippen LogP contribution is 2.20. The van der Waals surface area contributed by atoms with E-state index in [9.17, 15) is 4.79 Å². The highest BCUT2D eigenvalue weighted by atomic mass is 16.5. The quantitative estimate of drug-likeness (QED) is 0.843. The van der Waals surface area contributed by atoms with Crippen molar-refractivity contribution in [3.8, 4) is 0 Å². The Morgan fingerprint density at radius 1 is 1.55 bits per heavy atom. The molecule has 2 heterocycles. The summed E-state index contributed by atoms with van der Waals surface area (Å²) in [6.45, 7) is 3.05. The van der Waals surface area contributed by atoms with Gasteiger partial charge < -0.3 is 19.4 Å². The summed E-state index contributed by atoms with van der Waals surface area (Å²) in [5, 5.41) is 2.80. The number of imidazole rings is 1. The first-order valence-corrected chi connectivity index (χ1v) is 6.63. The SMILES string of the molecule is COCCNC(=O)c1ccc2c(c1)nc1n2CCOC1. The first-order chi connectivity index (χ1) is 9.79. The van der Waals surface area contributed by atoms with Gasteiger partial charge in [-0.1, -0.05) is 0 Å². The van der Waals surface area contributed by atoms with E-state index >= 15 is 0 Å². The molecule has 2 aromatic rings. The molecular formula is C14H17N3O3. The molecule has 1 aliphatic heterocycles. The van der Waals surface area contributed by atoms with Crippen LogP contribution in [0.5, 0.6) is 0 Å². The van der Waals surface area contributed by atoms with Crippen molar-refractivity contribution in [2.24, 2.45) is 0 Å². The van der Waals surface area contributed by atoms with Gasteiger partial charge in [0.15, 0.2) is 0 Å². The van der Waals surface area contributed by atoms with Crippen LogP contribution in [-0.4, -0.2) is 42.3 Å². The minimum absolute atomic E-state index is 0.105. The van der Waals surface area contributed by atoms with Gasteiger partial charge in [0.1, 0.15) is 12.4 Å². The van der Waals surface area contributed by atoms with Crippen molar-refractivity contribution in [2.75, 3.05) is 26.9 Å². The zero-order valence-electron chi connectivity index (χ0n) is 11.4. The molecule has 1 aliphatic rings. The van der Waals surface area contributed by atoms with Gasteiger partial charge in [-0.05, 0) is 18.2 Å². The van der Waals surface area contributed by atoms with Crippen LogP contribution in [0.2, 0.25) is 0 Å². The number of ether oxygens (including phenoxy) is 2. The maximum Gasteiger partial charge on any atom is 0.251 e. The van der Waals surface area contributed by atoms with Crippen molar-refractivity contribution in [3.63, 3.8) is 0 Å². The lowest BCUT2D eigenvalue weighted by Gasteiger charge is -2.14. The number of hydrogen-bond donors (Lipinski definition) is 1. The molecule has 0 fully saturated rings. The van der Waals surface area contributed by atoms with Crippen LogP contribution in [0.4, 0.5) is 0 Å². The largest absolute Gasteiger partial charge is 0.383 e. The number of fused-ring (bicyclic) bond motifs is 3. The fourth-order valence-electron chi connectivity index (χ4n) is 2.37. The van der Waals surface area contributed by atoms with E-state index in [2.05, 4.69) is 14.9 Å². The van der Waals surface area contributed by atoms with Gasteiger partial charge in [-0.3, -0.25) is 4.79 Å². The summed E-state index contributed by atoms with van der Waals surface area (Å²) in [6, 6.07) is 5.60. The number of carbonyl (C=O) groups excluding carboxylic acids is 1. The molecule has 0 unspecified atom stereocenters. The van der Waals surface area contributed by atoms with Gasteiger partial charge in [0.2, 0.25) is 0 Å². The number of methoxy groups -OCH3 is 1. The van der Waals surface area contributed by atoms with Crippen LogP contribution in [-0.2, 0) is 22.6 Å². The third-order valence-electron chi connectivity index (χ3n) is 3.37. The third kappa shape index (κ3) is 2.39. The van der Waals surface area contributed by atoms with Crippen LogP contribution in [0.15, 0.2) is 18.2 Å². The third-order valence-corrected chi connectivity index (χ3v) is 3.37. The zero-order chi connectivity index (χ0) is 13.9. The second kappa shape index (κ2) is 5.60. The van der Waals surface area contributed by atoms with Crippen LogP contribution in [0.3, 0.4) is 0 Å². The van der Waals surface area contributed by atoms with Crippen LogP contribution < -0.4 is 5.32 Å². The zero-order valence-corrected chi connectivity index (χ0v) is 11.4. The van der Waals surface area contributed by atoms with E-state index in [0.717, 1.165) is 23.4 Å². The van der Waals surface area contributed by atoms with Gasteiger partial charge in [-0.15, -0.1) is 0 Å². The topological polar surface area (TPSA) is 65.4 Å². The van der Waals surface area contributed by atoms with E-state index in [4.69, 9.17) is 9.47 Å². The Morgan fingerprint density at radius 3 is 3.30 bits per heavy atom. The second-order valence-corrected chi connectivity index (χ2v) is 4.68. The molecule has 0 atom stereocenters. The molecule has 6 heteroatoms. The fourth-order valence-corrected chi connectivity index (χ4v) is 2.37. The predicted molar refractivity (Wildman–Crippen MR) is 73.6 cm³/mol. The Labute approximate surface area is 116 Å². The Bertz CT molecular complexity index is 636. The van der Waals surface area contributed by atoms with E-state index in [1.807, 2.05) is 18.2 Å². The lowest BCUT2D eigenvalue weighted by atomic mass is 10.2.